The van der Waals surface area contributed by atoms with Crippen molar-refractivity contribution in [2.75, 3.05) is 6.61 Å². The van der Waals surface area contributed by atoms with Crippen molar-refractivity contribution >= 4 is 0 Å². The fourth-order valence-corrected chi connectivity index (χ4v) is 2.96. The number of benzene rings is 1. The standard InChI is InChI=1S/C17H25NO/c1-11-4-7-15(17(8-9-17)13(3)18)16(12(11)2)19-10-14-5-6-14/h4,7,13-14H,5-6,8-10,18H2,1-3H3. The lowest BCUT2D eigenvalue weighted by molar-refractivity contribution is 0.290. The molecule has 2 aliphatic carbocycles. The van der Waals surface area contributed by atoms with E-state index in [4.69, 9.17) is 10.5 Å². The summed E-state index contributed by atoms with van der Waals surface area (Å²) in [6.45, 7) is 7.35. The SMILES string of the molecule is Cc1ccc(C2(C(C)N)CC2)c(OCC2CC2)c1C. The highest BCUT2D eigenvalue weighted by Gasteiger charge is 2.49. The summed E-state index contributed by atoms with van der Waals surface area (Å²) in [5, 5.41) is 0. The second-order valence-electron chi connectivity index (χ2n) is 6.58. The highest BCUT2D eigenvalue weighted by molar-refractivity contribution is 5.52. The van der Waals surface area contributed by atoms with E-state index in [-0.39, 0.29) is 11.5 Å². The van der Waals surface area contributed by atoms with E-state index < -0.39 is 0 Å². The lowest BCUT2D eigenvalue weighted by Crippen LogP contribution is -2.32. The van der Waals surface area contributed by atoms with Crippen molar-refractivity contribution in [1.29, 1.82) is 0 Å². The Morgan fingerprint density at radius 2 is 2.00 bits per heavy atom. The molecule has 104 valence electrons. The number of ether oxygens (including phenoxy) is 1. The van der Waals surface area contributed by atoms with E-state index in [2.05, 4.69) is 32.9 Å². The molecule has 0 amide bonds. The topological polar surface area (TPSA) is 35.2 Å². The fourth-order valence-electron chi connectivity index (χ4n) is 2.96. The van der Waals surface area contributed by atoms with Crippen LogP contribution in [0.15, 0.2) is 12.1 Å². The lowest BCUT2D eigenvalue weighted by atomic mass is 9.86. The van der Waals surface area contributed by atoms with Crippen LogP contribution in [-0.2, 0) is 5.41 Å². The molecule has 2 saturated carbocycles. The summed E-state index contributed by atoms with van der Waals surface area (Å²) in [4.78, 5) is 0. The summed E-state index contributed by atoms with van der Waals surface area (Å²) in [7, 11) is 0. The Balaban J connectivity index is 1.95. The van der Waals surface area contributed by atoms with E-state index in [9.17, 15) is 0 Å². The van der Waals surface area contributed by atoms with Gasteiger partial charge in [-0.1, -0.05) is 12.1 Å². The van der Waals surface area contributed by atoms with Crippen molar-refractivity contribution < 1.29 is 4.74 Å². The van der Waals surface area contributed by atoms with Crippen LogP contribution >= 0.6 is 0 Å². The minimum absolute atomic E-state index is 0.178. The smallest absolute Gasteiger partial charge is 0.126 e. The van der Waals surface area contributed by atoms with Gasteiger partial charge in [-0.15, -0.1) is 0 Å². The molecule has 3 rings (SSSR count). The third-order valence-corrected chi connectivity index (χ3v) is 5.03. The van der Waals surface area contributed by atoms with Gasteiger partial charge in [0.2, 0.25) is 0 Å². The number of hydrogen-bond donors (Lipinski definition) is 1. The molecule has 2 aliphatic rings. The van der Waals surface area contributed by atoms with E-state index in [0.717, 1.165) is 18.3 Å². The highest BCUT2D eigenvalue weighted by atomic mass is 16.5. The Labute approximate surface area is 116 Å². The summed E-state index contributed by atoms with van der Waals surface area (Å²) in [5.74, 6) is 1.92. The number of nitrogens with two attached hydrogens (primary N) is 1. The largest absolute Gasteiger partial charge is 0.493 e. The molecule has 2 heteroatoms. The first kappa shape index (κ1) is 13.0. The lowest BCUT2D eigenvalue weighted by Gasteiger charge is -2.25. The Hall–Kier alpha value is -1.02. The van der Waals surface area contributed by atoms with Gasteiger partial charge in [-0.25, -0.2) is 0 Å². The minimum Gasteiger partial charge on any atom is -0.493 e. The maximum Gasteiger partial charge on any atom is 0.126 e. The molecule has 0 aromatic heterocycles. The van der Waals surface area contributed by atoms with Crippen molar-refractivity contribution in [3.8, 4) is 5.75 Å². The van der Waals surface area contributed by atoms with Crippen molar-refractivity contribution in [1.82, 2.24) is 0 Å². The molecule has 0 bridgehead atoms. The van der Waals surface area contributed by atoms with Gasteiger partial charge in [0.15, 0.2) is 0 Å². The van der Waals surface area contributed by atoms with E-state index in [0.29, 0.717) is 0 Å². The highest BCUT2D eigenvalue weighted by Crippen LogP contribution is 2.54. The third-order valence-electron chi connectivity index (χ3n) is 5.03. The second kappa shape index (κ2) is 4.52. The molecule has 0 radical (unpaired) electrons. The molecule has 1 unspecified atom stereocenters. The zero-order valence-electron chi connectivity index (χ0n) is 12.3. The molecule has 0 aliphatic heterocycles. The van der Waals surface area contributed by atoms with Crippen molar-refractivity contribution in [2.24, 2.45) is 11.7 Å². The minimum atomic E-state index is 0.178. The van der Waals surface area contributed by atoms with E-state index in [1.165, 1.54) is 42.4 Å². The van der Waals surface area contributed by atoms with Crippen LogP contribution in [0.4, 0.5) is 0 Å². The molecule has 1 aromatic carbocycles. The number of hydrogen-bond acceptors (Lipinski definition) is 2. The van der Waals surface area contributed by atoms with Gasteiger partial charge in [-0.3, -0.25) is 0 Å². The van der Waals surface area contributed by atoms with E-state index >= 15 is 0 Å². The van der Waals surface area contributed by atoms with Crippen LogP contribution in [0, 0.1) is 19.8 Å². The van der Waals surface area contributed by atoms with Crippen LogP contribution in [0.2, 0.25) is 0 Å². The molecule has 0 saturated heterocycles. The van der Waals surface area contributed by atoms with Crippen LogP contribution < -0.4 is 10.5 Å². The quantitative estimate of drug-likeness (QED) is 0.878. The van der Waals surface area contributed by atoms with Crippen LogP contribution in [0.5, 0.6) is 5.75 Å². The third kappa shape index (κ3) is 2.27. The first-order chi connectivity index (χ1) is 9.04. The molecule has 2 fully saturated rings. The van der Waals surface area contributed by atoms with Gasteiger partial charge in [0.05, 0.1) is 6.61 Å². The molecular formula is C17H25NO. The Morgan fingerprint density at radius 1 is 1.32 bits per heavy atom. The summed E-state index contributed by atoms with van der Waals surface area (Å²) < 4.78 is 6.19. The monoisotopic (exact) mass is 259 g/mol. The molecular weight excluding hydrogens is 234 g/mol. The van der Waals surface area contributed by atoms with Gasteiger partial charge in [-0.2, -0.15) is 0 Å². The van der Waals surface area contributed by atoms with E-state index in [1.54, 1.807) is 0 Å². The average molecular weight is 259 g/mol. The molecule has 1 atom stereocenters. The Bertz CT molecular complexity index is 484. The Morgan fingerprint density at radius 3 is 2.53 bits per heavy atom. The summed E-state index contributed by atoms with van der Waals surface area (Å²) in [6.07, 6.45) is 5.07. The molecule has 0 heterocycles. The van der Waals surface area contributed by atoms with Crippen LogP contribution in [-0.4, -0.2) is 12.6 Å². The molecule has 19 heavy (non-hydrogen) atoms. The first-order valence-electron chi connectivity index (χ1n) is 7.53. The molecule has 1 aromatic rings. The van der Waals surface area contributed by atoms with Crippen molar-refractivity contribution in [3.05, 3.63) is 28.8 Å². The predicted octanol–water partition coefficient (Wildman–Crippen LogP) is 3.47. The Kier molecular flexibility index (Phi) is 3.09. The van der Waals surface area contributed by atoms with Crippen LogP contribution in [0.25, 0.3) is 0 Å². The van der Waals surface area contributed by atoms with Gasteiger partial charge >= 0.3 is 0 Å². The summed E-state index contributed by atoms with van der Waals surface area (Å²) in [5.41, 5.74) is 10.4. The zero-order chi connectivity index (χ0) is 13.6. The van der Waals surface area contributed by atoms with Crippen molar-refractivity contribution in [3.63, 3.8) is 0 Å². The van der Waals surface area contributed by atoms with Gasteiger partial charge in [0.1, 0.15) is 5.75 Å². The van der Waals surface area contributed by atoms with Crippen molar-refractivity contribution in [2.45, 2.75) is 57.9 Å². The predicted molar refractivity (Wildman–Crippen MR) is 78.7 cm³/mol. The number of rotatable bonds is 5. The van der Waals surface area contributed by atoms with Crippen LogP contribution in [0.3, 0.4) is 0 Å². The fraction of sp³-hybridized carbons (Fsp3) is 0.647. The zero-order valence-corrected chi connectivity index (χ0v) is 12.3. The molecule has 2 N–H and O–H groups in total. The molecule has 2 nitrogen and oxygen atoms in total. The second-order valence-corrected chi connectivity index (χ2v) is 6.58. The number of aryl methyl sites for hydroxylation is 1. The van der Waals surface area contributed by atoms with Gasteiger partial charge < -0.3 is 10.5 Å². The summed E-state index contributed by atoms with van der Waals surface area (Å²) >= 11 is 0. The maximum atomic E-state index is 6.23. The maximum absolute atomic E-state index is 6.23. The van der Waals surface area contributed by atoms with Gasteiger partial charge in [0, 0.05) is 17.0 Å². The molecule has 0 spiro atoms. The van der Waals surface area contributed by atoms with Crippen LogP contribution in [0.1, 0.15) is 49.3 Å². The summed E-state index contributed by atoms with van der Waals surface area (Å²) in [6, 6.07) is 4.68. The normalized spacial score (nSPS) is 22.1. The van der Waals surface area contributed by atoms with Gasteiger partial charge in [-0.05, 0) is 63.5 Å². The van der Waals surface area contributed by atoms with E-state index in [1.807, 2.05) is 0 Å². The van der Waals surface area contributed by atoms with Gasteiger partial charge in [0.25, 0.3) is 0 Å². The average Bonchev–Trinajstić information content (AvgIpc) is 3.25. The first-order valence-corrected chi connectivity index (χ1v) is 7.53.